The van der Waals surface area contributed by atoms with Gasteiger partial charge in [-0.15, -0.1) is 0 Å². The molecule has 2 heteroatoms. The third-order valence-electron chi connectivity index (χ3n) is 7.37. The van der Waals surface area contributed by atoms with Crippen LogP contribution in [0.5, 0.6) is 0 Å². The van der Waals surface area contributed by atoms with Crippen LogP contribution in [0.2, 0.25) is 0 Å². The molecule has 0 saturated heterocycles. The van der Waals surface area contributed by atoms with E-state index in [1.807, 2.05) is 0 Å². The fourth-order valence-electron chi connectivity index (χ4n) is 5.22. The number of unbranched alkanes of at least 4 members (excludes halogenated alkanes) is 19. The molecule has 0 saturated carbocycles. The van der Waals surface area contributed by atoms with Crippen molar-refractivity contribution in [2.24, 2.45) is 0 Å². The molecule has 1 atom stereocenters. The van der Waals surface area contributed by atoms with Crippen LogP contribution in [-0.2, 0) is 0 Å². The molecule has 0 aromatic rings. The Morgan fingerprint density at radius 2 is 0.688 bits per heavy atom. The maximum Gasteiger partial charge on any atom is 0.100 e. The van der Waals surface area contributed by atoms with Gasteiger partial charge in [0.15, 0.2) is 0 Å². The molecule has 1 aliphatic heterocycles. The summed E-state index contributed by atoms with van der Waals surface area (Å²) in [5.74, 6) is 0. The highest BCUT2D eigenvalue weighted by atomic mass is 15.4. The lowest BCUT2D eigenvalue weighted by Gasteiger charge is -2.32. The molecule has 0 amide bonds. The summed E-state index contributed by atoms with van der Waals surface area (Å²) in [4.78, 5) is 5.19. The summed E-state index contributed by atoms with van der Waals surface area (Å²) in [6.45, 7) is 9.44. The van der Waals surface area contributed by atoms with E-state index in [0.717, 1.165) is 0 Å². The third kappa shape index (κ3) is 15.2. The molecule has 2 nitrogen and oxygen atoms in total. The molecular formula is C30H60N2. The lowest BCUT2D eigenvalue weighted by atomic mass is 10.0. The summed E-state index contributed by atoms with van der Waals surface area (Å²) >= 11 is 0. The highest BCUT2D eigenvalue weighted by Gasteiger charge is 2.23. The van der Waals surface area contributed by atoms with E-state index in [0.29, 0.717) is 6.17 Å². The predicted molar refractivity (Wildman–Crippen MR) is 145 cm³/mol. The van der Waals surface area contributed by atoms with Crippen molar-refractivity contribution in [3.05, 3.63) is 12.4 Å². The van der Waals surface area contributed by atoms with E-state index < -0.39 is 0 Å². The fourth-order valence-corrected chi connectivity index (χ4v) is 5.22. The minimum atomic E-state index is 0.623. The largest absolute Gasteiger partial charge is 0.356 e. The second kappa shape index (κ2) is 22.1. The van der Waals surface area contributed by atoms with Gasteiger partial charge in [-0.3, -0.25) is 0 Å². The van der Waals surface area contributed by atoms with E-state index in [9.17, 15) is 0 Å². The fraction of sp³-hybridized carbons (Fsp3) is 0.933. The Kier molecular flexibility index (Phi) is 20.3. The van der Waals surface area contributed by atoms with Gasteiger partial charge in [-0.05, 0) is 19.3 Å². The maximum absolute atomic E-state index is 2.60. The Labute approximate surface area is 203 Å². The second-order valence-electron chi connectivity index (χ2n) is 10.4. The van der Waals surface area contributed by atoms with Crippen LogP contribution >= 0.6 is 0 Å². The first kappa shape index (κ1) is 29.4. The van der Waals surface area contributed by atoms with Crippen LogP contribution in [0.1, 0.15) is 162 Å². The van der Waals surface area contributed by atoms with Crippen molar-refractivity contribution in [2.75, 3.05) is 13.1 Å². The van der Waals surface area contributed by atoms with Gasteiger partial charge in [-0.25, -0.2) is 0 Å². The second-order valence-corrected chi connectivity index (χ2v) is 10.4. The third-order valence-corrected chi connectivity index (χ3v) is 7.37. The molecule has 0 spiro atoms. The van der Waals surface area contributed by atoms with Crippen LogP contribution in [0, 0.1) is 0 Å². The Morgan fingerprint density at radius 3 is 1.00 bits per heavy atom. The van der Waals surface area contributed by atoms with Gasteiger partial charge in [-0.1, -0.05) is 143 Å². The molecule has 1 heterocycles. The molecule has 0 bridgehead atoms. The van der Waals surface area contributed by atoms with Crippen molar-refractivity contribution in [3.63, 3.8) is 0 Å². The van der Waals surface area contributed by atoms with Crippen molar-refractivity contribution in [1.82, 2.24) is 9.80 Å². The zero-order chi connectivity index (χ0) is 23.1. The normalized spacial score (nSPS) is 15.9. The summed E-state index contributed by atoms with van der Waals surface area (Å²) in [5, 5.41) is 0. The van der Waals surface area contributed by atoms with Gasteiger partial charge in [0.05, 0.1) is 0 Å². The first-order chi connectivity index (χ1) is 15.8. The highest BCUT2D eigenvalue weighted by Crippen LogP contribution is 2.21. The van der Waals surface area contributed by atoms with Crippen LogP contribution in [-0.4, -0.2) is 29.1 Å². The lowest BCUT2D eigenvalue weighted by molar-refractivity contribution is 0.144. The number of hydrogen-bond donors (Lipinski definition) is 0. The molecule has 0 N–H and O–H groups in total. The zero-order valence-electron chi connectivity index (χ0n) is 22.6. The Hall–Kier alpha value is -0.660. The molecule has 0 fully saturated rings. The van der Waals surface area contributed by atoms with Crippen LogP contribution in [0.15, 0.2) is 12.4 Å². The molecule has 1 unspecified atom stereocenters. The van der Waals surface area contributed by atoms with Crippen LogP contribution in [0.25, 0.3) is 0 Å². The quantitative estimate of drug-likeness (QED) is 0.135. The van der Waals surface area contributed by atoms with Crippen molar-refractivity contribution < 1.29 is 0 Å². The van der Waals surface area contributed by atoms with Gasteiger partial charge in [-0.2, -0.15) is 0 Å². The number of nitrogens with zero attached hydrogens (tertiary/aromatic N) is 2. The minimum Gasteiger partial charge on any atom is -0.356 e. The average molecular weight is 449 g/mol. The summed E-state index contributed by atoms with van der Waals surface area (Å²) in [7, 11) is 0. The SMILES string of the molecule is CCCCCCCCCCCCCCCCCCCN1C=CN(CCCCCC)C1CC. The van der Waals surface area contributed by atoms with Crippen molar-refractivity contribution >= 4 is 0 Å². The van der Waals surface area contributed by atoms with Gasteiger partial charge in [0.2, 0.25) is 0 Å². The Morgan fingerprint density at radius 1 is 0.406 bits per heavy atom. The van der Waals surface area contributed by atoms with Crippen molar-refractivity contribution in [3.8, 4) is 0 Å². The lowest BCUT2D eigenvalue weighted by Crippen LogP contribution is -2.38. The van der Waals surface area contributed by atoms with E-state index in [4.69, 9.17) is 0 Å². The van der Waals surface area contributed by atoms with Gasteiger partial charge in [0.1, 0.15) is 6.17 Å². The van der Waals surface area contributed by atoms with E-state index in [2.05, 4.69) is 43.0 Å². The smallest absolute Gasteiger partial charge is 0.100 e. The van der Waals surface area contributed by atoms with Gasteiger partial charge in [0.25, 0.3) is 0 Å². The monoisotopic (exact) mass is 448 g/mol. The minimum absolute atomic E-state index is 0.623. The molecule has 0 aliphatic carbocycles. The van der Waals surface area contributed by atoms with E-state index >= 15 is 0 Å². The highest BCUT2D eigenvalue weighted by molar-refractivity contribution is 4.96. The molecule has 190 valence electrons. The molecule has 0 aromatic carbocycles. The zero-order valence-corrected chi connectivity index (χ0v) is 22.6. The predicted octanol–water partition coefficient (Wildman–Crippen LogP) is 10.0. The van der Waals surface area contributed by atoms with Crippen LogP contribution < -0.4 is 0 Å². The van der Waals surface area contributed by atoms with Gasteiger partial charge >= 0.3 is 0 Å². The van der Waals surface area contributed by atoms with E-state index in [1.165, 1.54) is 154 Å². The maximum atomic E-state index is 2.60. The first-order valence-electron chi connectivity index (χ1n) is 15.0. The number of rotatable bonds is 24. The Bertz CT molecular complexity index is 406. The molecule has 0 aromatic heterocycles. The molecular weight excluding hydrogens is 388 g/mol. The van der Waals surface area contributed by atoms with E-state index in [1.54, 1.807) is 0 Å². The van der Waals surface area contributed by atoms with Crippen LogP contribution in [0.4, 0.5) is 0 Å². The standard InChI is InChI=1S/C30H60N2/c1-4-7-9-11-12-13-14-15-16-17-18-19-20-21-22-23-25-27-32-29-28-31(30(32)6-3)26-24-10-8-5-2/h28-30H,4-27H2,1-3H3. The average Bonchev–Trinajstić information content (AvgIpc) is 3.20. The van der Waals surface area contributed by atoms with Gasteiger partial charge in [0, 0.05) is 25.5 Å². The summed E-state index contributed by atoms with van der Waals surface area (Å²) in [5.41, 5.74) is 0. The number of hydrogen-bond acceptors (Lipinski definition) is 2. The molecule has 1 rings (SSSR count). The van der Waals surface area contributed by atoms with E-state index in [-0.39, 0.29) is 0 Å². The molecule has 0 radical (unpaired) electrons. The van der Waals surface area contributed by atoms with Gasteiger partial charge < -0.3 is 9.80 Å². The first-order valence-corrected chi connectivity index (χ1v) is 15.0. The summed E-state index contributed by atoms with van der Waals surface area (Å²) in [6.07, 6.45) is 36.7. The Balaban J connectivity index is 1.85. The molecule has 32 heavy (non-hydrogen) atoms. The summed E-state index contributed by atoms with van der Waals surface area (Å²) < 4.78 is 0. The summed E-state index contributed by atoms with van der Waals surface area (Å²) in [6, 6.07) is 0. The van der Waals surface area contributed by atoms with Crippen molar-refractivity contribution in [2.45, 2.75) is 168 Å². The molecule has 1 aliphatic rings. The topological polar surface area (TPSA) is 6.48 Å². The van der Waals surface area contributed by atoms with Crippen molar-refractivity contribution in [1.29, 1.82) is 0 Å². The van der Waals surface area contributed by atoms with Crippen LogP contribution in [0.3, 0.4) is 0 Å².